The van der Waals surface area contributed by atoms with Gasteiger partial charge in [0.15, 0.2) is 0 Å². The van der Waals surface area contributed by atoms with E-state index >= 15 is 0 Å². The number of rotatable bonds is 7. The van der Waals surface area contributed by atoms with Crippen LogP contribution in [-0.2, 0) is 9.59 Å². The number of amides is 2. The quantitative estimate of drug-likeness (QED) is 0.619. The molecule has 138 valence electrons. The van der Waals surface area contributed by atoms with Crippen molar-refractivity contribution in [1.29, 1.82) is 0 Å². The molecule has 7 heteroatoms. The van der Waals surface area contributed by atoms with Gasteiger partial charge in [-0.1, -0.05) is 12.1 Å². The Hall–Kier alpha value is -2.64. The van der Waals surface area contributed by atoms with Gasteiger partial charge in [0.1, 0.15) is 5.01 Å². The fraction of sp³-hybridized carbons (Fsp3) is 0.150. The molecule has 0 spiro atoms. The lowest BCUT2D eigenvalue weighted by Gasteiger charge is -2.07. The number of thiazole rings is 1. The zero-order valence-corrected chi connectivity index (χ0v) is 16.4. The molecule has 2 aromatic carbocycles. The number of carbonyl (C=O) groups excluding carboxylic acids is 2. The van der Waals surface area contributed by atoms with Crippen LogP contribution in [0.3, 0.4) is 0 Å². The van der Waals surface area contributed by atoms with E-state index in [1.165, 1.54) is 11.8 Å². The number of anilines is 2. The van der Waals surface area contributed by atoms with Crippen LogP contribution in [0, 0.1) is 6.92 Å². The largest absolute Gasteiger partial charge is 0.325 e. The molecule has 2 N–H and O–H groups in total. The Balaban J connectivity index is 1.41. The van der Waals surface area contributed by atoms with Crippen LogP contribution in [-0.4, -0.2) is 28.3 Å². The highest BCUT2D eigenvalue weighted by Crippen LogP contribution is 2.23. The minimum atomic E-state index is -0.134. The molecule has 0 atom stereocenters. The van der Waals surface area contributed by atoms with Gasteiger partial charge < -0.3 is 10.6 Å². The van der Waals surface area contributed by atoms with E-state index in [0.717, 1.165) is 27.5 Å². The smallest absolute Gasteiger partial charge is 0.234 e. The molecule has 0 unspecified atom stereocenters. The lowest BCUT2D eigenvalue weighted by Crippen LogP contribution is -2.18. The molecule has 0 saturated heterocycles. The van der Waals surface area contributed by atoms with Gasteiger partial charge in [0.05, 0.1) is 11.5 Å². The first kappa shape index (κ1) is 19.1. The molecule has 1 aromatic heterocycles. The molecule has 3 rings (SSSR count). The normalized spacial score (nSPS) is 10.4. The Morgan fingerprint density at radius 3 is 2.33 bits per heavy atom. The first-order valence-corrected chi connectivity index (χ1v) is 10.4. The third-order valence-corrected chi connectivity index (χ3v) is 5.37. The van der Waals surface area contributed by atoms with E-state index in [9.17, 15) is 9.59 Å². The highest BCUT2D eigenvalue weighted by atomic mass is 32.2. The minimum Gasteiger partial charge on any atom is -0.325 e. The summed E-state index contributed by atoms with van der Waals surface area (Å²) in [7, 11) is 0. The Labute approximate surface area is 166 Å². The van der Waals surface area contributed by atoms with E-state index in [1.54, 1.807) is 17.5 Å². The summed E-state index contributed by atoms with van der Waals surface area (Å²) in [6.45, 7) is 1.97. The average molecular weight is 398 g/mol. The first-order valence-electron chi connectivity index (χ1n) is 8.34. The summed E-state index contributed by atoms with van der Waals surface area (Å²) >= 11 is 2.85. The van der Waals surface area contributed by atoms with Gasteiger partial charge in [0, 0.05) is 28.5 Å². The molecular weight excluding hydrogens is 378 g/mol. The fourth-order valence-electron chi connectivity index (χ4n) is 2.42. The van der Waals surface area contributed by atoms with E-state index in [0.29, 0.717) is 0 Å². The molecule has 2 amide bonds. The molecule has 0 saturated carbocycles. The number of nitrogens with one attached hydrogen (secondary N) is 2. The van der Waals surface area contributed by atoms with Gasteiger partial charge in [-0.25, -0.2) is 4.98 Å². The van der Waals surface area contributed by atoms with Crippen molar-refractivity contribution in [3.05, 3.63) is 65.7 Å². The zero-order chi connectivity index (χ0) is 19.1. The number of carbonyl (C=O) groups is 2. The van der Waals surface area contributed by atoms with E-state index in [2.05, 4.69) is 15.6 Å². The van der Waals surface area contributed by atoms with E-state index in [4.69, 9.17) is 0 Å². The van der Waals surface area contributed by atoms with Gasteiger partial charge in [-0.3, -0.25) is 9.59 Å². The fourth-order valence-corrected chi connectivity index (χ4v) is 3.68. The van der Waals surface area contributed by atoms with Crippen molar-refractivity contribution in [3.8, 4) is 10.6 Å². The number of nitrogens with zero attached hydrogens (tertiary/aromatic N) is 1. The van der Waals surface area contributed by atoms with Crippen LogP contribution in [0.2, 0.25) is 0 Å². The van der Waals surface area contributed by atoms with E-state index in [1.807, 2.05) is 60.8 Å². The summed E-state index contributed by atoms with van der Waals surface area (Å²) in [5, 5.41) is 8.54. The predicted octanol–water partition coefficient (Wildman–Crippen LogP) is 4.43. The standard InChI is InChI=1S/C20H19N3O2S2/c1-14-3-2-4-17(11-14)23-19(25)13-26-12-18(24)22-16-7-5-15(6-8-16)20-21-9-10-27-20/h2-11H,12-13H2,1H3,(H,22,24)(H,23,25). The topological polar surface area (TPSA) is 71.1 Å². The number of aryl methyl sites for hydroxylation is 1. The molecule has 1 heterocycles. The van der Waals surface area contributed by atoms with E-state index < -0.39 is 0 Å². The molecule has 0 radical (unpaired) electrons. The number of aromatic nitrogens is 1. The molecular formula is C20H19N3O2S2. The third kappa shape index (κ3) is 5.94. The van der Waals surface area contributed by atoms with Gasteiger partial charge in [0.25, 0.3) is 0 Å². The summed E-state index contributed by atoms with van der Waals surface area (Å²) < 4.78 is 0. The van der Waals surface area contributed by atoms with Crippen LogP contribution in [0.5, 0.6) is 0 Å². The predicted molar refractivity (Wildman–Crippen MR) is 113 cm³/mol. The first-order chi connectivity index (χ1) is 13.1. The molecule has 0 aliphatic carbocycles. The summed E-state index contributed by atoms with van der Waals surface area (Å²) in [5.74, 6) is 0.191. The van der Waals surface area contributed by atoms with Crippen molar-refractivity contribution >= 4 is 46.3 Å². The van der Waals surface area contributed by atoms with Crippen LogP contribution in [0.4, 0.5) is 11.4 Å². The van der Waals surface area contributed by atoms with Crippen LogP contribution in [0.15, 0.2) is 60.1 Å². The maximum Gasteiger partial charge on any atom is 0.234 e. The van der Waals surface area contributed by atoms with Crippen molar-refractivity contribution in [2.45, 2.75) is 6.92 Å². The van der Waals surface area contributed by atoms with Gasteiger partial charge in [-0.2, -0.15) is 0 Å². The number of hydrogen-bond acceptors (Lipinski definition) is 5. The Morgan fingerprint density at radius 1 is 1.00 bits per heavy atom. The van der Waals surface area contributed by atoms with Crippen molar-refractivity contribution in [2.24, 2.45) is 0 Å². The SMILES string of the molecule is Cc1cccc(NC(=O)CSCC(=O)Nc2ccc(-c3nccs3)cc2)c1. The summed E-state index contributed by atoms with van der Waals surface area (Å²) in [6, 6.07) is 15.2. The zero-order valence-electron chi connectivity index (χ0n) is 14.8. The molecule has 3 aromatic rings. The second-order valence-electron chi connectivity index (χ2n) is 5.87. The summed E-state index contributed by atoms with van der Waals surface area (Å²) in [6.07, 6.45) is 1.77. The van der Waals surface area contributed by atoms with Crippen molar-refractivity contribution in [2.75, 3.05) is 22.1 Å². The van der Waals surface area contributed by atoms with E-state index in [-0.39, 0.29) is 23.3 Å². The molecule has 27 heavy (non-hydrogen) atoms. The van der Waals surface area contributed by atoms with Crippen molar-refractivity contribution in [1.82, 2.24) is 4.98 Å². The lowest BCUT2D eigenvalue weighted by atomic mass is 10.2. The molecule has 0 aliphatic heterocycles. The number of thioether (sulfide) groups is 1. The van der Waals surface area contributed by atoms with Crippen LogP contribution >= 0.6 is 23.1 Å². The second kappa shape index (κ2) is 9.34. The maximum atomic E-state index is 12.0. The Bertz CT molecular complexity index is 909. The Morgan fingerprint density at radius 2 is 1.70 bits per heavy atom. The Kier molecular flexibility index (Phi) is 6.62. The van der Waals surface area contributed by atoms with Gasteiger partial charge in [0.2, 0.25) is 11.8 Å². The van der Waals surface area contributed by atoms with Crippen molar-refractivity contribution in [3.63, 3.8) is 0 Å². The molecule has 0 bridgehead atoms. The average Bonchev–Trinajstić information content (AvgIpc) is 3.17. The van der Waals surface area contributed by atoms with Gasteiger partial charge in [-0.05, 0) is 48.9 Å². The maximum absolute atomic E-state index is 12.0. The molecule has 5 nitrogen and oxygen atoms in total. The molecule has 0 aliphatic rings. The monoisotopic (exact) mass is 397 g/mol. The molecule has 0 fully saturated rings. The lowest BCUT2D eigenvalue weighted by molar-refractivity contribution is -0.114. The van der Waals surface area contributed by atoms with Gasteiger partial charge >= 0.3 is 0 Å². The summed E-state index contributed by atoms with van der Waals surface area (Å²) in [4.78, 5) is 28.2. The van der Waals surface area contributed by atoms with Crippen LogP contribution in [0.1, 0.15) is 5.56 Å². The third-order valence-electron chi connectivity index (χ3n) is 3.62. The van der Waals surface area contributed by atoms with Crippen LogP contribution < -0.4 is 10.6 Å². The number of benzene rings is 2. The van der Waals surface area contributed by atoms with Gasteiger partial charge in [-0.15, -0.1) is 23.1 Å². The van der Waals surface area contributed by atoms with Crippen LogP contribution in [0.25, 0.3) is 10.6 Å². The van der Waals surface area contributed by atoms with Crippen molar-refractivity contribution < 1.29 is 9.59 Å². The summed E-state index contributed by atoms with van der Waals surface area (Å²) in [5.41, 5.74) is 3.60. The minimum absolute atomic E-state index is 0.119. The highest BCUT2D eigenvalue weighted by Gasteiger charge is 2.07. The highest BCUT2D eigenvalue weighted by molar-refractivity contribution is 8.00. The number of hydrogen-bond donors (Lipinski definition) is 2. The second-order valence-corrected chi connectivity index (χ2v) is 7.75.